The summed E-state index contributed by atoms with van der Waals surface area (Å²) in [6.45, 7) is 6.09. The molecule has 1 aromatic carbocycles. The molecule has 144 valence electrons. The van der Waals surface area contributed by atoms with Crippen LogP contribution in [0.5, 0.6) is 0 Å². The number of aliphatic hydroxyl groups is 1. The quantitative estimate of drug-likeness (QED) is 0.839. The fourth-order valence-electron chi connectivity index (χ4n) is 4.07. The van der Waals surface area contributed by atoms with Crippen LogP contribution in [0, 0.1) is 5.92 Å². The van der Waals surface area contributed by atoms with Crippen LogP contribution in [0.3, 0.4) is 0 Å². The molecular formula is C19H26F2N2O3. The maximum Gasteiger partial charge on any atom is 0.410 e. The number of hydrogen-bond donors (Lipinski definition) is 2. The molecule has 4 atom stereocenters. The third kappa shape index (κ3) is 3.42. The van der Waals surface area contributed by atoms with E-state index in [1.165, 1.54) is 4.90 Å². The summed E-state index contributed by atoms with van der Waals surface area (Å²) in [7, 11) is 0. The minimum atomic E-state index is -2.88. The van der Waals surface area contributed by atoms with Gasteiger partial charge in [-0.05, 0) is 32.8 Å². The Kier molecular flexibility index (Phi) is 4.96. The SMILES string of the molecule is CC(C)(C)OC(=O)N1CCC2C1[C@@]2(NCc1ccccc1)[C@H](O)C(F)F. The normalized spacial score (nSPS) is 28.8. The van der Waals surface area contributed by atoms with E-state index in [4.69, 9.17) is 4.74 Å². The lowest BCUT2D eigenvalue weighted by atomic mass is 10.0. The molecule has 0 bridgehead atoms. The molecule has 2 N–H and O–H groups in total. The predicted octanol–water partition coefficient (Wildman–Crippen LogP) is 2.78. The molecule has 0 radical (unpaired) electrons. The molecule has 1 saturated carbocycles. The van der Waals surface area contributed by atoms with Crippen LogP contribution in [0.2, 0.25) is 0 Å². The van der Waals surface area contributed by atoms with E-state index in [2.05, 4.69) is 5.32 Å². The standard InChI is InChI=1S/C19H26F2N2O3/c1-18(2,3)26-17(25)23-10-9-13-14(23)19(13,15(24)16(20)21)22-11-12-7-5-4-6-8-12/h4-8,13-16,22,24H,9-11H2,1-3H3/t13?,14?,15-,19-/m1/s1. The molecule has 26 heavy (non-hydrogen) atoms. The van der Waals surface area contributed by atoms with Gasteiger partial charge in [0.05, 0.1) is 11.6 Å². The van der Waals surface area contributed by atoms with Crippen molar-refractivity contribution in [2.75, 3.05) is 6.54 Å². The van der Waals surface area contributed by atoms with E-state index >= 15 is 0 Å². The Balaban J connectivity index is 1.77. The van der Waals surface area contributed by atoms with Crippen molar-refractivity contribution in [2.45, 2.75) is 63.4 Å². The molecule has 2 fully saturated rings. The highest BCUT2D eigenvalue weighted by atomic mass is 19.3. The van der Waals surface area contributed by atoms with Crippen LogP contribution < -0.4 is 5.32 Å². The molecule has 3 rings (SSSR count). The molecule has 1 aliphatic heterocycles. The van der Waals surface area contributed by atoms with Crippen molar-refractivity contribution >= 4 is 6.09 Å². The zero-order valence-corrected chi connectivity index (χ0v) is 15.3. The van der Waals surface area contributed by atoms with Crippen molar-refractivity contribution < 1.29 is 23.4 Å². The Labute approximate surface area is 152 Å². The first-order chi connectivity index (χ1) is 12.2. The summed E-state index contributed by atoms with van der Waals surface area (Å²) < 4.78 is 32.1. The molecule has 0 spiro atoms. The Morgan fingerprint density at radius 2 is 2.04 bits per heavy atom. The van der Waals surface area contributed by atoms with E-state index in [1.807, 2.05) is 30.3 Å². The first-order valence-electron chi connectivity index (χ1n) is 8.91. The first-order valence-corrected chi connectivity index (χ1v) is 8.91. The molecular weight excluding hydrogens is 342 g/mol. The van der Waals surface area contributed by atoms with Gasteiger partial charge in [0.15, 0.2) is 0 Å². The predicted molar refractivity (Wildman–Crippen MR) is 92.9 cm³/mol. The van der Waals surface area contributed by atoms with Crippen molar-refractivity contribution in [3.05, 3.63) is 35.9 Å². The van der Waals surface area contributed by atoms with Crippen LogP contribution in [-0.2, 0) is 11.3 Å². The van der Waals surface area contributed by atoms with E-state index in [0.717, 1.165) is 5.56 Å². The van der Waals surface area contributed by atoms with Gasteiger partial charge in [0.1, 0.15) is 11.7 Å². The molecule has 0 aromatic heterocycles. The van der Waals surface area contributed by atoms with Gasteiger partial charge in [0.25, 0.3) is 6.43 Å². The molecule has 1 aromatic rings. The molecule has 2 aliphatic rings. The minimum absolute atomic E-state index is 0.206. The van der Waals surface area contributed by atoms with Gasteiger partial charge in [0, 0.05) is 19.0 Å². The summed E-state index contributed by atoms with van der Waals surface area (Å²) in [5.41, 5.74) is -0.924. The maximum absolute atomic E-state index is 13.4. The number of aliphatic hydroxyl groups excluding tert-OH is 1. The van der Waals surface area contributed by atoms with Crippen LogP contribution in [0.15, 0.2) is 30.3 Å². The number of benzene rings is 1. The van der Waals surface area contributed by atoms with E-state index < -0.39 is 35.8 Å². The monoisotopic (exact) mass is 368 g/mol. The lowest BCUT2D eigenvalue weighted by Crippen LogP contribution is -2.54. The van der Waals surface area contributed by atoms with Crippen LogP contribution in [0.25, 0.3) is 0 Å². The number of alkyl halides is 2. The van der Waals surface area contributed by atoms with Crippen LogP contribution in [0.4, 0.5) is 13.6 Å². The summed E-state index contributed by atoms with van der Waals surface area (Å²) in [6, 6.07) is 8.91. The zero-order valence-electron chi connectivity index (χ0n) is 15.3. The number of hydrogen-bond acceptors (Lipinski definition) is 4. The second kappa shape index (κ2) is 6.78. The molecule has 1 aliphatic carbocycles. The smallest absolute Gasteiger partial charge is 0.410 e. The highest BCUT2D eigenvalue weighted by Crippen LogP contribution is 2.57. The van der Waals surface area contributed by atoms with Gasteiger partial charge in [-0.1, -0.05) is 30.3 Å². The lowest BCUT2D eigenvalue weighted by molar-refractivity contribution is -0.0476. The summed E-state index contributed by atoms with van der Waals surface area (Å²) in [5, 5.41) is 13.4. The molecule has 1 amide bonds. The van der Waals surface area contributed by atoms with E-state index in [9.17, 15) is 18.7 Å². The average Bonchev–Trinajstić information content (AvgIpc) is 2.96. The number of nitrogens with zero attached hydrogens (tertiary/aromatic N) is 1. The lowest BCUT2D eigenvalue weighted by Gasteiger charge is -2.32. The first kappa shape index (κ1) is 19.0. The van der Waals surface area contributed by atoms with Crippen LogP contribution >= 0.6 is 0 Å². The van der Waals surface area contributed by atoms with Crippen LogP contribution in [0.1, 0.15) is 32.8 Å². The molecule has 1 heterocycles. The average molecular weight is 368 g/mol. The summed E-state index contributed by atoms with van der Waals surface area (Å²) >= 11 is 0. The fourth-order valence-corrected chi connectivity index (χ4v) is 4.07. The maximum atomic E-state index is 13.4. The van der Waals surface area contributed by atoms with Gasteiger partial charge < -0.3 is 20.1 Å². The number of fused-ring (bicyclic) bond motifs is 1. The van der Waals surface area contributed by atoms with Crippen molar-refractivity contribution in [2.24, 2.45) is 5.92 Å². The largest absolute Gasteiger partial charge is 0.444 e. The number of nitrogens with one attached hydrogen (secondary N) is 1. The van der Waals surface area contributed by atoms with Gasteiger partial charge in [-0.25, -0.2) is 13.6 Å². The Morgan fingerprint density at radius 1 is 1.38 bits per heavy atom. The highest BCUT2D eigenvalue weighted by Gasteiger charge is 2.75. The number of amides is 1. The van der Waals surface area contributed by atoms with Crippen LogP contribution in [-0.4, -0.2) is 52.4 Å². The molecule has 2 unspecified atom stereocenters. The number of halogens is 2. The minimum Gasteiger partial charge on any atom is -0.444 e. The van der Waals surface area contributed by atoms with Crippen molar-refractivity contribution in [3.63, 3.8) is 0 Å². The van der Waals surface area contributed by atoms with Crippen molar-refractivity contribution in [1.82, 2.24) is 10.2 Å². The number of ether oxygens (including phenoxy) is 1. The summed E-state index contributed by atoms with van der Waals surface area (Å²) in [5.74, 6) is -0.206. The Bertz CT molecular complexity index is 650. The van der Waals surface area contributed by atoms with E-state index in [1.54, 1.807) is 20.8 Å². The number of carbonyl (C=O) groups is 1. The number of rotatable bonds is 5. The summed E-state index contributed by atoms with van der Waals surface area (Å²) in [4.78, 5) is 13.9. The number of likely N-dealkylation sites (tertiary alicyclic amines) is 1. The zero-order chi connectivity index (χ0) is 19.1. The van der Waals surface area contributed by atoms with Gasteiger partial charge >= 0.3 is 6.09 Å². The molecule has 7 heteroatoms. The fraction of sp³-hybridized carbons (Fsp3) is 0.632. The van der Waals surface area contributed by atoms with Crippen molar-refractivity contribution in [3.8, 4) is 0 Å². The van der Waals surface area contributed by atoms with Gasteiger partial charge in [-0.3, -0.25) is 0 Å². The highest BCUT2D eigenvalue weighted by molar-refractivity contribution is 5.71. The van der Waals surface area contributed by atoms with Gasteiger partial charge in [-0.2, -0.15) is 0 Å². The molecule has 5 nitrogen and oxygen atoms in total. The van der Waals surface area contributed by atoms with E-state index in [-0.39, 0.29) is 5.92 Å². The van der Waals surface area contributed by atoms with Gasteiger partial charge in [-0.15, -0.1) is 0 Å². The number of piperidine rings is 1. The Morgan fingerprint density at radius 3 is 2.62 bits per heavy atom. The molecule has 1 saturated heterocycles. The third-order valence-corrected chi connectivity index (χ3v) is 5.19. The third-order valence-electron chi connectivity index (χ3n) is 5.19. The van der Waals surface area contributed by atoms with Gasteiger partial charge in [0.2, 0.25) is 0 Å². The number of carbonyl (C=O) groups excluding carboxylic acids is 1. The van der Waals surface area contributed by atoms with Crippen molar-refractivity contribution in [1.29, 1.82) is 0 Å². The topological polar surface area (TPSA) is 61.8 Å². The summed E-state index contributed by atoms with van der Waals surface area (Å²) in [6.07, 6.45) is -4.68. The Hall–Kier alpha value is -1.73. The second-order valence-corrected chi connectivity index (χ2v) is 8.07. The van der Waals surface area contributed by atoms with E-state index in [0.29, 0.717) is 19.5 Å². The second-order valence-electron chi connectivity index (χ2n) is 8.07.